The van der Waals surface area contributed by atoms with Gasteiger partial charge in [0.1, 0.15) is 0 Å². The zero-order valence-electron chi connectivity index (χ0n) is 20.1. The average Bonchev–Trinajstić information content (AvgIpc) is 3.01. The minimum Gasteiger partial charge on any atom is -0.337 e. The number of anilines is 1. The maximum Gasteiger partial charge on any atom is 0.259 e. The molecular weight excluding hydrogens is 428 g/mol. The first kappa shape index (κ1) is 23.6. The summed E-state index contributed by atoms with van der Waals surface area (Å²) in [7, 11) is 3.95. The number of hydrogen-bond acceptors (Lipinski definition) is 5. The van der Waals surface area contributed by atoms with E-state index in [4.69, 9.17) is 4.98 Å². The predicted molar refractivity (Wildman–Crippen MR) is 134 cm³/mol. The molecule has 1 saturated heterocycles. The van der Waals surface area contributed by atoms with E-state index in [1.807, 2.05) is 42.1 Å². The van der Waals surface area contributed by atoms with Gasteiger partial charge in [-0.15, -0.1) is 0 Å². The Hall–Kier alpha value is -3.52. The molecule has 0 bridgehead atoms. The average molecular weight is 461 g/mol. The van der Waals surface area contributed by atoms with E-state index in [-0.39, 0.29) is 17.9 Å². The molecule has 1 aliphatic heterocycles. The molecule has 2 aromatic heterocycles. The topological polar surface area (TPSA) is 83.4 Å². The number of fused-ring (bicyclic) bond motifs is 1. The molecule has 1 aromatic carbocycles. The molecule has 1 N–H and O–H groups in total. The van der Waals surface area contributed by atoms with Crippen LogP contribution in [0.2, 0.25) is 0 Å². The summed E-state index contributed by atoms with van der Waals surface area (Å²) in [6.45, 7) is 4.07. The van der Waals surface area contributed by atoms with Crippen molar-refractivity contribution in [1.29, 1.82) is 0 Å². The van der Waals surface area contributed by atoms with Crippen molar-refractivity contribution in [2.24, 2.45) is 0 Å². The van der Waals surface area contributed by atoms with Crippen LogP contribution in [0.3, 0.4) is 0 Å². The van der Waals surface area contributed by atoms with Crippen LogP contribution in [0.25, 0.3) is 11.0 Å². The number of amides is 2. The third-order valence-electron chi connectivity index (χ3n) is 6.12. The third-order valence-corrected chi connectivity index (χ3v) is 6.12. The minimum atomic E-state index is -0.254. The molecule has 8 heteroatoms. The van der Waals surface area contributed by atoms with Gasteiger partial charge in [-0.05, 0) is 64.0 Å². The monoisotopic (exact) mass is 460 g/mol. The van der Waals surface area contributed by atoms with Crippen LogP contribution in [0.15, 0.2) is 54.9 Å². The summed E-state index contributed by atoms with van der Waals surface area (Å²) in [6, 6.07) is 9.45. The van der Waals surface area contributed by atoms with Gasteiger partial charge in [0, 0.05) is 38.1 Å². The summed E-state index contributed by atoms with van der Waals surface area (Å²) in [4.78, 5) is 38.6. The number of pyridine rings is 1. The van der Waals surface area contributed by atoms with Gasteiger partial charge in [0.25, 0.3) is 5.91 Å². The first-order valence-electron chi connectivity index (χ1n) is 11.7. The van der Waals surface area contributed by atoms with Gasteiger partial charge in [0.05, 0.1) is 22.6 Å². The molecule has 0 radical (unpaired) electrons. The Morgan fingerprint density at radius 3 is 2.82 bits per heavy atom. The fourth-order valence-corrected chi connectivity index (χ4v) is 4.44. The predicted octanol–water partition coefficient (Wildman–Crippen LogP) is 3.66. The number of likely N-dealkylation sites (tertiary alicyclic amines) is 1. The summed E-state index contributed by atoms with van der Waals surface area (Å²) in [6.07, 6.45) is 9.60. The summed E-state index contributed by atoms with van der Waals surface area (Å²) in [5.74, 6) is 0.270. The van der Waals surface area contributed by atoms with Gasteiger partial charge in [-0.1, -0.05) is 18.2 Å². The van der Waals surface area contributed by atoms with Crippen molar-refractivity contribution in [3.63, 3.8) is 0 Å². The van der Waals surface area contributed by atoms with Crippen LogP contribution in [0.4, 0.5) is 5.95 Å². The first-order valence-corrected chi connectivity index (χ1v) is 11.7. The Morgan fingerprint density at radius 1 is 1.21 bits per heavy atom. The van der Waals surface area contributed by atoms with Crippen LogP contribution < -0.4 is 5.32 Å². The lowest BCUT2D eigenvalue weighted by atomic mass is 10.1. The second-order valence-corrected chi connectivity index (χ2v) is 9.04. The molecular formula is C26H32N6O2. The van der Waals surface area contributed by atoms with Crippen molar-refractivity contribution in [2.45, 2.75) is 32.2 Å². The summed E-state index contributed by atoms with van der Waals surface area (Å²) < 4.78 is 2.12. The van der Waals surface area contributed by atoms with E-state index in [0.717, 1.165) is 48.9 Å². The van der Waals surface area contributed by atoms with Gasteiger partial charge in [-0.25, -0.2) is 4.98 Å². The molecule has 3 heterocycles. The first-order chi connectivity index (χ1) is 16.4. The van der Waals surface area contributed by atoms with Gasteiger partial charge in [0.15, 0.2) is 0 Å². The van der Waals surface area contributed by atoms with Crippen LogP contribution in [-0.2, 0) is 4.79 Å². The SMILES string of the molecule is Cc1cccc2nc(NC(=O)c3cccnc3)n(C3CCCCN(C(=O)C=CCN(C)C)C3)c12. The van der Waals surface area contributed by atoms with Crippen LogP contribution in [0.1, 0.15) is 41.2 Å². The van der Waals surface area contributed by atoms with E-state index in [1.54, 1.807) is 30.6 Å². The van der Waals surface area contributed by atoms with Crippen molar-refractivity contribution in [1.82, 2.24) is 24.3 Å². The molecule has 1 unspecified atom stereocenters. The molecule has 1 aliphatic rings. The highest BCUT2D eigenvalue weighted by Gasteiger charge is 2.27. The number of aryl methyl sites for hydroxylation is 1. The second-order valence-electron chi connectivity index (χ2n) is 9.04. The fraction of sp³-hybridized carbons (Fsp3) is 0.385. The third kappa shape index (κ3) is 5.34. The summed E-state index contributed by atoms with van der Waals surface area (Å²) >= 11 is 0. The van der Waals surface area contributed by atoms with E-state index in [0.29, 0.717) is 18.1 Å². The number of carbonyl (C=O) groups is 2. The van der Waals surface area contributed by atoms with Gasteiger partial charge in [0.2, 0.25) is 11.9 Å². The molecule has 2 amide bonds. The lowest BCUT2D eigenvalue weighted by Gasteiger charge is -2.26. The van der Waals surface area contributed by atoms with Crippen molar-refractivity contribution in [2.75, 3.05) is 39.0 Å². The smallest absolute Gasteiger partial charge is 0.259 e. The lowest BCUT2D eigenvalue weighted by Crippen LogP contribution is -2.35. The summed E-state index contributed by atoms with van der Waals surface area (Å²) in [5.41, 5.74) is 3.38. The quantitative estimate of drug-likeness (QED) is 0.568. The Kier molecular flexibility index (Phi) is 7.37. The van der Waals surface area contributed by atoms with E-state index < -0.39 is 0 Å². The molecule has 4 rings (SSSR count). The van der Waals surface area contributed by atoms with E-state index >= 15 is 0 Å². The molecule has 0 spiro atoms. The van der Waals surface area contributed by atoms with Crippen LogP contribution in [0, 0.1) is 6.92 Å². The van der Waals surface area contributed by atoms with Crippen LogP contribution in [-0.4, -0.2) is 69.9 Å². The Morgan fingerprint density at radius 2 is 2.06 bits per heavy atom. The molecule has 1 atom stereocenters. The molecule has 34 heavy (non-hydrogen) atoms. The molecule has 0 aliphatic carbocycles. The zero-order chi connectivity index (χ0) is 24.1. The van der Waals surface area contributed by atoms with E-state index in [9.17, 15) is 9.59 Å². The van der Waals surface area contributed by atoms with Gasteiger partial charge in [-0.3, -0.25) is 19.9 Å². The van der Waals surface area contributed by atoms with E-state index in [2.05, 4.69) is 27.9 Å². The number of aromatic nitrogens is 3. The fourth-order valence-electron chi connectivity index (χ4n) is 4.44. The second kappa shape index (κ2) is 10.6. The molecule has 178 valence electrons. The highest BCUT2D eigenvalue weighted by atomic mass is 16.2. The summed E-state index contributed by atoms with van der Waals surface area (Å²) in [5, 5.41) is 3.00. The van der Waals surface area contributed by atoms with Gasteiger partial charge in [-0.2, -0.15) is 0 Å². The van der Waals surface area contributed by atoms with Gasteiger partial charge >= 0.3 is 0 Å². The number of benzene rings is 1. The van der Waals surface area contributed by atoms with Crippen LogP contribution >= 0.6 is 0 Å². The molecule has 1 fully saturated rings. The highest BCUT2D eigenvalue weighted by molar-refractivity contribution is 6.04. The van der Waals surface area contributed by atoms with Crippen molar-refractivity contribution in [3.8, 4) is 0 Å². The van der Waals surface area contributed by atoms with Crippen molar-refractivity contribution in [3.05, 3.63) is 66.0 Å². The van der Waals surface area contributed by atoms with Crippen LogP contribution in [0.5, 0.6) is 0 Å². The number of para-hydroxylation sites is 1. The Labute approximate surface area is 200 Å². The number of nitrogens with one attached hydrogen (secondary N) is 1. The Balaban J connectivity index is 1.67. The van der Waals surface area contributed by atoms with Crippen molar-refractivity contribution < 1.29 is 9.59 Å². The largest absolute Gasteiger partial charge is 0.337 e. The normalized spacial score (nSPS) is 16.8. The van der Waals surface area contributed by atoms with Crippen molar-refractivity contribution >= 4 is 28.8 Å². The standard InChI is InChI=1S/C26H32N6O2/c1-19-9-6-12-22-24(19)32(26(28-22)29-25(34)20-10-7-14-27-17-20)21-11-4-5-16-31(18-21)23(33)13-8-15-30(2)3/h6-10,12-14,17,21H,4-5,11,15-16,18H2,1-3H3,(H,28,29,34). The minimum absolute atomic E-state index is 0.00370. The van der Waals surface area contributed by atoms with E-state index in [1.165, 1.54) is 0 Å². The number of rotatable bonds is 6. The highest BCUT2D eigenvalue weighted by Crippen LogP contribution is 2.32. The zero-order valence-corrected chi connectivity index (χ0v) is 20.1. The number of likely N-dealkylation sites (N-methyl/N-ethyl adjacent to an activating group) is 1. The molecule has 8 nitrogen and oxygen atoms in total. The number of carbonyl (C=O) groups excluding carboxylic acids is 2. The van der Waals surface area contributed by atoms with Gasteiger partial charge < -0.3 is 14.4 Å². The molecule has 0 saturated carbocycles. The maximum absolute atomic E-state index is 12.9. The maximum atomic E-state index is 12.9. The molecule has 3 aromatic rings. The number of imidazole rings is 1. The number of hydrogen-bond donors (Lipinski definition) is 1. The Bertz CT molecular complexity index is 1180. The lowest BCUT2D eigenvalue weighted by molar-refractivity contribution is -0.126. The number of nitrogens with zero attached hydrogens (tertiary/aromatic N) is 5.